The number of halogens is 2. The number of methoxy groups -OCH3 is 1. The predicted molar refractivity (Wildman–Crippen MR) is 136 cm³/mol. The van der Waals surface area contributed by atoms with Gasteiger partial charge in [-0.3, -0.25) is 4.79 Å². The van der Waals surface area contributed by atoms with Crippen molar-refractivity contribution in [2.45, 2.75) is 44.7 Å². The van der Waals surface area contributed by atoms with Gasteiger partial charge in [0.05, 0.1) is 31.8 Å². The summed E-state index contributed by atoms with van der Waals surface area (Å²) in [6.45, 7) is 2.25. The molecule has 0 saturated carbocycles. The molecule has 1 fully saturated rings. The van der Waals surface area contributed by atoms with E-state index in [2.05, 4.69) is 0 Å². The molecule has 1 saturated heterocycles. The maximum absolute atomic E-state index is 12.8. The van der Waals surface area contributed by atoms with Crippen LogP contribution in [0.5, 0.6) is 5.75 Å². The van der Waals surface area contributed by atoms with E-state index < -0.39 is 6.29 Å². The Labute approximate surface area is 218 Å². The van der Waals surface area contributed by atoms with E-state index in [0.717, 1.165) is 46.0 Å². The molecule has 2 aliphatic heterocycles. The van der Waals surface area contributed by atoms with Crippen molar-refractivity contribution < 1.29 is 19.0 Å². The Morgan fingerprint density at radius 1 is 1.17 bits per heavy atom. The number of aromatic nitrogens is 1. The summed E-state index contributed by atoms with van der Waals surface area (Å²) >= 11 is 13.9. The number of thiazole rings is 1. The summed E-state index contributed by atoms with van der Waals surface area (Å²) in [4.78, 5) is 19.6. The van der Waals surface area contributed by atoms with Crippen LogP contribution in [0.3, 0.4) is 0 Å². The fourth-order valence-electron chi connectivity index (χ4n) is 4.57. The van der Waals surface area contributed by atoms with Crippen LogP contribution in [0.2, 0.25) is 10.0 Å². The maximum atomic E-state index is 12.8. The molecule has 5 rings (SSSR count). The quantitative estimate of drug-likeness (QED) is 0.394. The Kier molecular flexibility index (Phi) is 7.60. The highest BCUT2D eigenvalue weighted by Gasteiger charge is 2.28. The van der Waals surface area contributed by atoms with E-state index in [1.54, 1.807) is 36.6 Å². The lowest BCUT2D eigenvalue weighted by atomic mass is 9.97. The van der Waals surface area contributed by atoms with E-state index in [1.807, 2.05) is 28.5 Å². The molecule has 2 aromatic carbocycles. The number of piperidine rings is 1. The first kappa shape index (κ1) is 24.5. The van der Waals surface area contributed by atoms with Crippen molar-refractivity contribution in [2.24, 2.45) is 0 Å². The van der Waals surface area contributed by atoms with Gasteiger partial charge in [0, 0.05) is 40.0 Å². The third kappa shape index (κ3) is 5.49. The predicted octanol–water partition coefficient (Wildman–Crippen LogP) is 6.15. The van der Waals surface area contributed by atoms with Crippen LogP contribution in [-0.4, -0.2) is 36.0 Å². The molecule has 3 heterocycles. The molecule has 35 heavy (non-hydrogen) atoms. The van der Waals surface area contributed by atoms with Crippen LogP contribution in [0.4, 0.5) is 0 Å². The van der Waals surface area contributed by atoms with Gasteiger partial charge < -0.3 is 19.1 Å². The monoisotopic (exact) mass is 532 g/mol. The van der Waals surface area contributed by atoms with Crippen LogP contribution in [0, 0.1) is 0 Å². The molecule has 0 radical (unpaired) electrons. The van der Waals surface area contributed by atoms with Gasteiger partial charge in [0.25, 0.3) is 0 Å². The van der Waals surface area contributed by atoms with Crippen molar-refractivity contribution in [3.05, 3.63) is 79.2 Å². The Morgan fingerprint density at radius 2 is 1.97 bits per heavy atom. The molecule has 6 nitrogen and oxygen atoms in total. The number of fused-ring (bicyclic) bond motifs is 1. The van der Waals surface area contributed by atoms with Gasteiger partial charge >= 0.3 is 0 Å². The van der Waals surface area contributed by atoms with Crippen molar-refractivity contribution in [1.82, 2.24) is 9.88 Å². The van der Waals surface area contributed by atoms with E-state index in [9.17, 15) is 4.79 Å². The summed E-state index contributed by atoms with van der Waals surface area (Å²) in [7, 11) is 1.66. The third-order valence-electron chi connectivity index (χ3n) is 6.55. The number of benzene rings is 2. The summed E-state index contributed by atoms with van der Waals surface area (Å²) in [5.41, 5.74) is 3.65. The van der Waals surface area contributed by atoms with Crippen molar-refractivity contribution in [2.75, 3.05) is 20.2 Å². The lowest BCUT2D eigenvalue weighted by Crippen LogP contribution is -2.38. The van der Waals surface area contributed by atoms with Gasteiger partial charge in [-0.2, -0.15) is 0 Å². The summed E-state index contributed by atoms with van der Waals surface area (Å²) in [5, 5.41) is 4.24. The van der Waals surface area contributed by atoms with Crippen LogP contribution in [-0.2, 0) is 33.9 Å². The molecule has 1 aromatic heterocycles. The second kappa shape index (κ2) is 10.8. The number of carbonyl (C=O) groups is 1. The maximum Gasteiger partial charge on any atom is 0.227 e. The molecule has 0 bridgehead atoms. The Hall–Kier alpha value is -2.16. The van der Waals surface area contributed by atoms with Crippen LogP contribution >= 0.6 is 34.5 Å². The van der Waals surface area contributed by atoms with Crippen LogP contribution in [0.15, 0.2) is 41.8 Å². The molecule has 3 aromatic rings. The first-order chi connectivity index (χ1) is 17.0. The summed E-state index contributed by atoms with van der Waals surface area (Å²) < 4.78 is 17.6. The van der Waals surface area contributed by atoms with Gasteiger partial charge in [-0.05, 0) is 48.2 Å². The van der Waals surface area contributed by atoms with Crippen molar-refractivity contribution in [1.29, 1.82) is 0 Å². The molecule has 2 aliphatic rings. The van der Waals surface area contributed by atoms with E-state index in [-0.39, 0.29) is 12.3 Å². The topological polar surface area (TPSA) is 60.9 Å². The zero-order valence-electron chi connectivity index (χ0n) is 19.3. The van der Waals surface area contributed by atoms with Gasteiger partial charge in [-0.1, -0.05) is 35.3 Å². The number of nitrogens with zero attached hydrogens (tertiary/aromatic N) is 2. The largest absolute Gasteiger partial charge is 0.496 e. The van der Waals surface area contributed by atoms with Gasteiger partial charge in [-0.15, -0.1) is 11.3 Å². The van der Waals surface area contributed by atoms with E-state index in [1.165, 1.54) is 0 Å². The Bertz CT molecular complexity index is 1210. The second-order valence-corrected chi connectivity index (χ2v) is 10.5. The smallest absolute Gasteiger partial charge is 0.227 e. The van der Waals surface area contributed by atoms with Crippen LogP contribution in [0.1, 0.15) is 52.4 Å². The summed E-state index contributed by atoms with van der Waals surface area (Å²) in [5.74, 6) is 1.20. The van der Waals surface area contributed by atoms with Crippen LogP contribution < -0.4 is 4.74 Å². The molecule has 9 heteroatoms. The molecule has 0 spiro atoms. The minimum Gasteiger partial charge on any atom is -0.496 e. The summed E-state index contributed by atoms with van der Waals surface area (Å²) in [6, 6.07) is 11.2. The number of likely N-dealkylation sites (tertiary alicyclic amines) is 1. The average molecular weight is 533 g/mol. The van der Waals surface area contributed by atoms with Crippen molar-refractivity contribution >= 4 is 40.4 Å². The zero-order chi connectivity index (χ0) is 24.4. The van der Waals surface area contributed by atoms with Crippen molar-refractivity contribution in [3.63, 3.8) is 0 Å². The van der Waals surface area contributed by atoms with Gasteiger partial charge in [0.1, 0.15) is 11.4 Å². The van der Waals surface area contributed by atoms with Gasteiger partial charge in [0.15, 0.2) is 0 Å². The normalized spacial score (nSPS) is 18.7. The highest BCUT2D eigenvalue weighted by molar-refractivity contribution is 7.09. The lowest BCUT2D eigenvalue weighted by molar-refractivity contribution is -0.155. The second-order valence-electron chi connectivity index (χ2n) is 8.73. The summed E-state index contributed by atoms with van der Waals surface area (Å²) in [6.07, 6.45) is 1.49. The minimum absolute atomic E-state index is 0.0719. The number of ether oxygens (including phenoxy) is 3. The first-order valence-electron chi connectivity index (χ1n) is 11.6. The molecule has 1 amide bonds. The minimum atomic E-state index is -0.513. The van der Waals surface area contributed by atoms with Crippen LogP contribution in [0.25, 0.3) is 0 Å². The fraction of sp³-hybridized carbons (Fsp3) is 0.385. The number of rotatable bonds is 5. The number of carbonyl (C=O) groups excluding carboxylic acids is 1. The Morgan fingerprint density at radius 3 is 2.77 bits per heavy atom. The first-order valence-corrected chi connectivity index (χ1v) is 13.2. The zero-order valence-corrected chi connectivity index (χ0v) is 21.7. The molecular weight excluding hydrogens is 507 g/mol. The van der Waals surface area contributed by atoms with Gasteiger partial charge in [0.2, 0.25) is 12.2 Å². The lowest BCUT2D eigenvalue weighted by Gasteiger charge is -2.31. The Balaban J connectivity index is 1.18. The molecule has 1 atom stereocenters. The van der Waals surface area contributed by atoms with E-state index >= 15 is 0 Å². The fourth-order valence-corrected chi connectivity index (χ4v) is 5.94. The van der Waals surface area contributed by atoms with Crippen molar-refractivity contribution in [3.8, 4) is 5.75 Å². The van der Waals surface area contributed by atoms with E-state index in [0.29, 0.717) is 42.3 Å². The van der Waals surface area contributed by atoms with Gasteiger partial charge in [-0.25, -0.2) is 4.98 Å². The molecule has 1 unspecified atom stereocenters. The standard InChI is InChI=1S/C26H26Cl2N2O4S/c1-32-23-4-2-3-17-13-33-26(34-14-20(17)23)22-15-35-25(29-22)16-7-9-30(10-8-16)24(31)12-18-11-19(27)5-6-21(18)28/h2-6,11,15-16,26H,7-10,12-14H2,1H3. The average Bonchev–Trinajstić information content (AvgIpc) is 3.26. The van der Waals surface area contributed by atoms with E-state index in [4.69, 9.17) is 42.4 Å². The highest BCUT2D eigenvalue weighted by atomic mass is 35.5. The molecule has 0 aliphatic carbocycles. The molecular formula is C26H26Cl2N2O4S. The SMILES string of the molecule is COc1cccc2c1COC(c1csc(C3CCN(C(=O)Cc4cc(Cl)ccc4Cl)CC3)n1)OC2. The number of hydrogen-bond acceptors (Lipinski definition) is 6. The highest BCUT2D eigenvalue weighted by Crippen LogP contribution is 2.36. The molecule has 184 valence electrons. The number of hydrogen-bond donors (Lipinski definition) is 0. The molecule has 0 N–H and O–H groups in total. The number of amides is 1. The third-order valence-corrected chi connectivity index (χ3v) is 8.18.